The van der Waals surface area contributed by atoms with Crippen LogP contribution in [0.25, 0.3) is 0 Å². The first-order valence-electron chi connectivity index (χ1n) is 6.93. The van der Waals surface area contributed by atoms with Gasteiger partial charge in [0.15, 0.2) is 0 Å². The zero-order valence-electron chi connectivity index (χ0n) is 12.5. The zero-order valence-corrected chi connectivity index (χ0v) is 12.5. The molecule has 0 unspecified atom stereocenters. The lowest BCUT2D eigenvalue weighted by molar-refractivity contribution is 0.594. The number of aryl methyl sites for hydroxylation is 2. The predicted octanol–water partition coefficient (Wildman–Crippen LogP) is 4.18. The second-order valence-corrected chi connectivity index (χ2v) is 5.62. The third kappa shape index (κ3) is 6.02. The van der Waals surface area contributed by atoms with Gasteiger partial charge in [-0.25, -0.2) is 0 Å². The molecule has 0 amide bonds. The van der Waals surface area contributed by atoms with Crippen LogP contribution in [0.4, 0.5) is 0 Å². The minimum Gasteiger partial charge on any atom is -0.314 e. The van der Waals surface area contributed by atoms with Crippen LogP contribution < -0.4 is 5.32 Å². The summed E-state index contributed by atoms with van der Waals surface area (Å²) in [6.45, 7) is 12.0. The average molecular weight is 245 g/mol. The smallest absolute Gasteiger partial charge is 0.00105 e. The van der Waals surface area contributed by atoms with E-state index in [1.807, 2.05) is 0 Å². The van der Waals surface area contributed by atoms with Gasteiger partial charge in [0.25, 0.3) is 0 Å². The number of allylic oxidation sites excluding steroid dienone is 1. The number of benzene rings is 1. The Hall–Kier alpha value is -1.08. The van der Waals surface area contributed by atoms with Crippen LogP contribution in [0.1, 0.15) is 43.9 Å². The third-order valence-corrected chi connectivity index (χ3v) is 2.95. The summed E-state index contributed by atoms with van der Waals surface area (Å²) < 4.78 is 0. The van der Waals surface area contributed by atoms with Gasteiger partial charge in [-0.15, -0.1) is 0 Å². The molecule has 0 radical (unpaired) electrons. The lowest BCUT2D eigenvalue weighted by Gasteiger charge is -2.07. The van der Waals surface area contributed by atoms with Crippen molar-refractivity contribution in [3.8, 4) is 0 Å². The highest BCUT2D eigenvalue weighted by Crippen LogP contribution is 2.13. The van der Waals surface area contributed by atoms with Crippen LogP contribution in [-0.4, -0.2) is 12.6 Å². The van der Waals surface area contributed by atoms with E-state index in [0.717, 1.165) is 19.4 Å². The molecule has 0 aliphatic heterocycles. The number of nitrogens with one attached hydrogen (secondary N) is 1. The van der Waals surface area contributed by atoms with Crippen LogP contribution in [0.2, 0.25) is 0 Å². The van der Waals surface area contributed by atoms with Crippen molar-refractivity contribution >= 4 is 0 Å². The Morgan fingerprint density at radius 3 is 2.33 bits per heavy atom. The second-order valence-electron chi connectivity index (χ2n) is 5.62. The fourth-order valence-corrected chi connectivity index (χ4v) is 2.26. The summed E-state index contributed by atoms with van der Waals surface area (Å²) >= 11 is 0. The maximum Gasteiger partial charge on any atom is 0.00105 e. The van der Waals surface area contributed by atoms with Crippen molar-refractivity contribution in [3.63, 3.8) is 0 Å². The molecule has 0 saturated heterocycles. The van der Waals surface area contributed by atoms with Gasteiger partial charge >= 0.3 is 0 Å². The second kappa shape index (κ2) is 7.38. The molecule has 0 aliphatic carbocycles. The molecule has 1 aromatic carbocycles. The summed E-state index contributed by atoms with van der Waals surface area (Å²) in [4.78, 5) is 0. The van der Waals surface area contributed by atoms with E-state index in [0.29, 0.717) is 6.04 Å². The van der Waals surface area contributed by atoms with E-state index in [1.165, 1.54) is 22.3 Å². The third-order valence-electron chi connectivity index (χ3n) is 2.95. The Morgan fingerprint density at radius 2 is 1.78 bits per heavy atom. The molecule has 0 aliphatic rings. The molecule has 0 spiro atoms. The van der Waals surface area contributed by atoms with E-state index in [4.69, 9.17) is 0 Å². The lowest BCUT2D eigenvalue weighted by Crippen LogP contribution is -2.23. The maximum atomic E-state index is 3.44. The highest BCUT2D eigenvalue weighted by Gasteiger charge is 1.98. The van der Waals surface area contributed by atoms with Gasteiger partial charge in [0.05, 0.1) is 0 Å². The molecule has 0 heterocycles. The topological polar surface area (TPSA) is 12.0 Å². The maximum absolute atomic E-state index is 3.44. The number of hydrogen-bond acceptors (Lipinski definition) is 1. The summed E-state index contributed by atoms with van der Waals surface area (Å²) in [5.41, 5.74) is 5.61. The van der Waals surface area contributed by atoms with Gasteiger partial charge in [-0.2, -0.15) is 0 Å². The summed E-state index contributed by atoms with van der Waals surface area (Å²) in [5, 5.41) is 3.44. The van der Waals surface area contributed by atoms with Crippen LogP contribution in [0.15, 0.2) is 29.8 Å². The monoisotopic (exact) mass is 245 g/mol. The first kappa shape index (κ1) is 15.0. The Balaban J connectivity index is 2.48. The summed E-state index contributed by atoms with van der Waals surface area (Å²) in [5.74, 6) is 0. The van der Waals surface area contributed by atoms with Crippen molar-refractivity contribution in [2.75, 3.05) is 6.54 Å². The summed E-state index contributed by atoms with van der Waals surface area (Å²) in [6.07, 6.45) is 4.55. The van der Waals surface area contributed by atoms with Gasteiger partial charge in [-0.3, -0.25) is 0 Å². The van der Waals surface area contributed by atoms with Crippen LogP contribution in [0.3, 0.4) is 0 Å². The van der Waals surface area contributed by atoms with Crippen LogP contribution in [0.5, 0.6) is 0 Å². The highest BCUT2D eigenvalue weighted by atomic mass is 14.9. The largest absolute Gasteiger partial charge is 0.314 e. The molecule has 1 nitrogen and oxygen atoms in total. The molecule has 0 fully saturated rings. The normalized spacial score (nSPS) is 12.2. The van der Waals surface area contributed by atoms with Gasteiger partial charge in [0.2, 0.25) is 0 Å². The molecule has 0 saturated carbocycles. The Bertz CT molecular complexity index is 382. The van der Waals surface area contributed by atoms with Crippen LogP contribution in [-0.2, 0) is 6.42 Å². The molecule has 18 heavy (non-hydrogen) atoms. The van der Waals surface area contributed by atoms with E-state index in [9.17, 15) is 0 Å². The van der Waals surface area contributed by atoms with E-state index in [2.05, 4.69) is 64.2 Å². The lowest BCUT2D eigenvalue weighted by atomic mass is 10.0. The van der Waals surface area contributed by atoms with E-state index >= 15 is 0 Å². The predicted molar refractivity (Wildman–Crippen MR) is 81.1 cm³/mol. The first-order valence-corrected chi connectivity index (χ1v) is 6.93. The van der Waals surface area contributed by atoms with Crippen molar-refractivity contribution in [3.05, 3.63) is 46.5 Å². The molecule has 1 aromatic rings. The molecule has 0 bridgehead atoms. The van der Waals surface area contributed by atoms with Gasteiger partial charge < -0.3 is 5.32 Å². The van der Waals surface area contributed by atoms with E-state index < -0.39 is 0 Å². The molecular weight excluding hydrogens is 218 g/mol. The molecule has 0 aromatic heterocycles. The molecule has 1 rings (SSSR count). The van der Waals surface area contributed by atoms with Crippen LogP contribution in [0, 0.1) is 13.8 Å². The number of rotatable bonds is 6. The average Bonchev–Trinajstić information content (AvgIpc) is 2.22. The summed E-state index contributed by atoms with van der Waals surface area (Å²) in [6, 6.07) is 7.39. The fraction of sp³-hybridized carbons (Fsp3) is 0.529. The van der Waals surface area contributed by atoms with E-state index in [-0.39, 0.29) is 0 Å². The van der Waals surface area contributed by atoms with Crippen molar-refractivity contribution in [2.45, 2.75) is 53.5 Å². The molecule has 1 N–H and O–H groups in total. The van der Waals surface area contributed by atoms with E-state index in [1.54, 1.807) is 0 Å². The molecular formula is C17H27N. The van der Waals surface area contributed by atoms with Gasteiger partial charge in [0, 0.05) is 6.04 Å². The summed E-state index contributed by atoms with van der Waals surface area (Å²) in [7, 11) is 0. The van der Waals surface area contributed by atoms with Crippen molar-refractivity contribution in [1.82, 2.24) is 5.32 Å². The molecule has 1 heteroatoms. The van der Waals surface area contributed by atoms with Gasteiger partial charge in [0.1, 0.15) is 0 Å². The SMILES string of the molecule is CC(=CCCNC(C)C)Cc1cc(C)cc(C)c1. The van der Waals surface area contributed by atoms with Crippen molar-refractivity contribution < 1.29 is 0 Å². The fourth-order valence-electron chi connectivity index (χ4n) is 2.26. The van der Waals surface area contributed by atoms with Crippen LogP contribution >= 0.6 is 0 Å². The molecule has 100 valence electrons. The minimum absolute atomic E-state index is 0.582. The minimum atomic E-state index is 0.582. The first-order chi connectivity index (χ1) is 8.47. The highest BCUT2D eigenvalue weighted by molar-refractivity contribution is 5.31. The van der Waals surface area contributed by atoms with Crippen molar-refractivity contribution in [2.24, 2.45) is 0 Å². The van der Waals surface area contributed by atoms with Gasteiger partial charge in [-0.1, -0.05) is 54.8 Å². The van der Waals surface area contributed by atoms with Gasteiger partial charge in [-0.05, 0) is 45.7 Å². The quantitative estimate of drug-likeness (QED) is 0.585. The van der Waals surface area contributed by atoms with Crippen molar-refractivity contribution in [1.29, 1.82) is 0 Å². The Kier molecular flexibility index (Phi) is 6.14. The standard InChI is InChI=1S/C17H27N/c1-13(2)18-8-6-7-14(3)10-17-11-15(4)9-16(5)12-17/h7,9,11-13,18H,6,8,10H2,1-5H3. The number of hydrogen-bond donors (Lipinski definition) is 1. The Labute approximate surface area is 112 Å². The molecule has 0 atom stereocenters. The Morgan fingerprint density at radius 1 is 1.17 bits per heavy atom. The zero-order chi connectivity index (χ0) is 13.5.